The molecule has 0 aliphatic carbocycles. The number of nitrogens with zero attached hydrogens (tertiary/aromatic N) is 4. The molecule has 0 radical (unpaired) electrons. The maximum atomic E-state index is 5.76. The van der Waals surface area contributed by atoms with Gasteiger partial charge in [-0.3, -0.25) is 4.99 Å². The van der Waals surface area contributed by atoms with E-state index in [-0.39, 0.29) is 17.9 Å². The number of aliphatic imine (C=N–C) groups is 1. The molecule has 0 spiro atoms. The summed E-state index contributed by atoms with van der Waals surface area (Å²) in [5.74, 6) is 4.68. The predicted molar refractivity (Wildman–Crippen MR) is 217 cm³/mol. The van der Waals surface area contributed by atoms with Crippen LogP contribution in [0.1, 0.15) is 77.3 Å². The maximum absolute atomic E-state index is 5.76. The second-order valence-corrected chi connectivity index (χ2v) is 12.0. The van der Waals surface area contributed by atoms with Crippen molar-refractivity contribution in [3.63, 3.8) is 0 Å². The van der Waals surface area contributed by atoms with Gasteiger partial charge in [0.1, 0.15) is 5.82 Å². The van der Waals surface area contributed by atoms with Crippen LogP contribution in [0.2, 0.25) is 0 Å². The van der Waals surface area contributed by atoms with Crippen molar-refractivity contribution in [1.82, 2.24) is 15.0 Å². The van der Waals surface area contributed by atoms with Crippen LogP contribution in [0.3, 0.4) is 0 Å². The third-order valence-electron chi connectivity index (χ3n) is 8.21. The van der Waals surface area contributed by atoms with Gasteiger partial charge in [0.15, 0.2) is 11.6 Å². The summed E-state index contributed by atoms with van der Waals surface area (Å²) < 4.78 is 0. The first-order valence-electron chi connectivity index (χ1n) is 17.4. The zero-order chi connectivity index (χ0) is 36.3. The molecule has 3 rings (SSSR count). The highest BCUT2D eigenvalue weighted by Crippen LogP contribution is 2.34. The third kappa shape index (κ3) is 11.3. The number of hydrogen-bond acceptors (Lipinski definition) is 4. The van der Waals surface area contributed by atoms with E-state index in [4.69, 9.17) is 26.4 Å². The predicted octanol–water partition coefficient (Wildman–Crippen LogP) is 11.7. The highest BCUT2D eigenvalue weighted by atomic mass is 15.0. The summed E-state index contributed by atoms with van der Waals surface area (Å²) in [7, 11) is 0. The van der Waals surface area contributed by atoms with Gasteiger partial charge >= 0.3 is 0 Å². The van der Waals surface area contributed by atoms with E-state index in [1.165, 1.54) is 0 Å². The van der Waals surface area contributed by atoms with Crippen LogP contribution in [0.5, 0.6) is 0 Å². The fourth-order valence-corrected chi connectivity index (χ4v) is 5.49. The minimum atomic E-state index is 0.0321. The lowest BCUT2D eigenvalue weighted by Gasteiger charge is -2.18. The Labute approximate surface area is 301 Å². The fourth-order valence-electron chi connectivity index (χ4n) is 5.49. The number of benzene rings is 2. The van der Waals surface area contributed by atoms with Gasteiger partial charge in [-0.2, -0.15) is 0 Å². The van der Waals surface area contributed by atoms with E-state index in [9.17, 15) is 0 Å². The summed E-state index contributed by atoms with van der Waals surface area (Å²) >= 11 is 0. The standard InChI is InChI=1S/C46H52N4/c1-10-17-19-25-37(22-11-2)42(30-34(8)14-5)40-31-39(35(9)28-29-36(15-6)43(23-12-3)47-16-7)32-41(33-40)46-49-44(24-13-4)48-45(50-46)38-26-20-18-21-27-38/h4,10-12,14-18,20-22,25-35,43H,3,5,19,23-24H2,1-2,6-9H3/b17-10-,22-11-,29-28-,36-15+,37-25-,42-30+,47-16+. The summed E-state index contributed by atoms with van der Waals surface area (Å²) in [6.07, 6.45) is 33.0. The zero-order valence-corrected chi connectivity index (χ0v) is 30.7. The lowest BCUT2D eigenvalue weighted by molar-refractivity contribution is 0.804. The summed E-state index contributed by atoms with van der Waals surface area (Å²) in [4.78, 5) is 19.3. The molecule has 0 N–H and O–H groups in total. The average molecular weight is 661 g/mol. The molecule has 0 fully saturated rings. The topological polar surface area (TPSA) is 51.0 Å². The normalized spacial score (nSPS) is 14.8. The Morgan fingerprint density at radius 2 is 1.66 bits per heavy atom. The van der Waals surface area contributed by atoms with Crippen molar-refractivity contribution >= 4 is 11.8 Å². The SMILES string of the molecule is C#CCc1nc(-c2ccccc2)nc(-c2cc(C(=C/C(C)C=C)/C(/C=C\C)=C\C/C=C\C)cc(C(C)/C=C\C(=C/C)C(CC=C)/N=C/C)c2)n1. The van der Waals surface area contributed by atoms with Gasteiger partial charge in [-0.05, 0) is 98.6 Å². The van der Waals surface area contributed by atoms with E-state index in [0.29, 0.717) is 23.9 Å². The average Bonchev–Trinajstić information content (AvgIpc) is 3.14. The minimum Gasteiger partial charge on any atom is -0.289 e. The first kappa shape index (κ1) is 39.0. The maximum Gasteiger partial charge on any atom is 0.163 e. The van der Waals surface area contributed by atoms with Crippen molar-refractivity contribution in [1.29, 1.82) is 0 Å². The Balaban J connectivity index is 2.35. The molecule has 2 aromatic carbocycles. The smallest absolute Gasteiger partial charge is 0.163 e. The molecule has 0 amide bonds. The minimum absolute atomic E-state index is 0.0321. The summed E-state index contributed by atoms with van der Waals surface area (Å²) in [5, 5.41) is 0. The molecule has 1 heterocycles. The molecule has 0 aliphatic rings. The van der Waals surface area contributed by atoms with Crippen LogP contribution >= 0.6 is 0 Å². The Kier molecular flexibility index (Phi) is 16.3. The quantitative estimate of drug-likeness (QED) is 0.0626. The number of aromatic nitrogens is 3. The summed E-state index contributed by atoms with van der Waals surface area (Å²) in [6, 6.07) is 16.7. The van der Waals surface area contributed by atoms with E-state index < -0.39 is 0 Å². The van der Waals surface area contributed by atoms with Crippen molar-refractivity contribution in [2.45, 2.75) is 72.8 Å². The summed E-state index contributed by atoms with van der Waals surface area (Å²) in [6.45, 7) is 20.5. The van der Waals surface area contributed by atoms with Crippen LogP contribution in [0.4, 0.5) is 0 Å². The fraction of sp³-hybridized carbons (Fsp3) is 0.261. The second kappa shape index (κ2) is 20.9. The molecular formula is C46H52N4. The molecule has 3 unspecified atom stereocenters. The Bertz CT molecular complexity index is 1840. The number of allylic oxidation sites excluding steroid dienone is 11. The molecule has 3 atom stereocenters. The Morgan fingerprint density at radius 3 is 2.28 bits per heavy atom. The van der Waals surface area contributed by atoms with Gasteiger partial charge in [-0.25, -0.2) is 15.0 Å². The molecular weight excluding hydrogens is 609 g/mol. The number of terminal acetylenes is 1. The van der Waals surface area contributed by atoms with Crippen molar-refractivity contribution in [2.24, 2.45) is 10.9 Å². The molecule has 0 bridgehead atoms. The van der Waals surface area contributed by atoms with Crippen LogP contribution in [0.15, 0.2) is 145 Å². The van der Waals surface area contributed by atoms with E-state index in [1.807, 2.05) is 62.5 Å². The van der Waals surface area contributed by atoms with Crippen LogP contribution in [0.25, 0.3) is 28.3 Å². The van der Waals surface area contributed by atoms with Crippen molar-refractivity contribution in [3.05, 3.63) is 157 Å². The molecule has 0 aliphatic heterocycles. The van der Waals surface area contributed by atoms with Crippen LogP contribution in [-0.2, 0) is 6.42 Å². The van der Waals surface area contributed by atoms with Gasteiger partial charge in [-0.1, -0.05) is 123 Å². The number of hydrogen-bond donors (Lipinski definition) is 0. The van der Waals surface area contributed by atoms with Gasteiger partial charge in [-0.15, -0.1) is 19.6 Å². The van der Waals surface area contributed by atoms with Gasteiger partial charge in [0.05, 0.1) is 12.5 Å². The molecule has 1 aromatic heterocycles. The van der Waals surface area contributed by atoms with Gasteiger partial charge < -0.3 is 0 Å². The molecule has 4 nitrogen and oxygen atoms in total. The lowest BCUT2D eigenvalue weighted by Crippen LogP contribution is -2.06. The molecule has 4 heteroatoms. The Morgan fingerprint density at radius 1 is 0.920 bits per heavy atom. The Hall–Kier alpha value is -5.40. The van der Waals surface area contributed by atoms with E-state index in [0.717, 1.165) is 51.8 Å². The monoisotopic (exact) mass is 660 g/mol. The van der Waals surface area contributed by atoms with E-state index in [2.05, 4.69) is 120 Å². The van der Waals surface area contributed by atoms with Crippen molar-refractivity contribution in [2.75, 3.05) is 0 Å². The van der Waals surface area contributed by atoms with Crippen LogP contribution < -0.4 is 0 Å². The highest BCUT2D eigenvalue weighted by molar-refractivity contribution is 5.84. The van der Waals surface area contributed by atoms with Crippen molar-refractivity contribution < 1.29 is 0 Å². The first-order valence-corrected chi connectivity index (χ1v) is 17.4. The molecule has 256 valence electrons. The molecule has 50 heavy (non-hydrogen) atoms. The van der Waals surface area contributed by atoms with Crippen LogP contribution in [-0.4, -0.2) is 27.2 Å². The zero-order valence-electron chi connectivity index (χ0n) is 30.7. The van der Waals surface area contributed by atoms with Gasteiger partial charge in [0.25, 0.3) is 0 Å². The number of rotatable bonds is 17. The van der Waals surface area contributed by atoms with E-state index >= 15 is 0 Å². The van der Waals surface area contributed by atoms with Crippen LogP contribution in [0, 0.1) is 18.3 Å². The van der Waals surface area contributed by atoms with E-state index in [1.54, 1.807) is 0 Å². The van der Waals surface area contributed by atoms with Gasteiger partial charge in [0.2, 0.25) is 0 Å². The van der Waals surface area contributed by atoms with Gasteiger partial charge in [0, 0.05) is 11.1 Å². The lowest BCUT2D eigenvalue weighted by atomic mass is 9.88. The highest BCUT2D eigenvalue weighted by Gasteiger charge is 2.17. The molecule has 3 aromatic rings. The molecule has 0 saturated carbocycles. The largest absolute Gasteiger partial charge is 0.289 e. The van der Waals surface area contributed by atoms with Crippen molar-refractivity contribution in [3.8, 4) is 35.1 Å². The summed E-state index contributed by atoms with van der Waals surface area (Å²) in [5.41, 5.74) is 7.42. The first-order chi connectivity index (χ1) is 24.3. The second-order valence-electron chi connectivity index (χ2n) is 12.0. The molecule has 0 saturated heterocycles. The third-order valence-corrected chi connectivity index (χ3v) is 8.21.